The number of allylic oxidation sites excluding steroid dienone is 1. The van der Waals surface area contributed by atoms with Crippen LogP contribution in [0.15, 0.2) is 42.5 Å². The van der Waals surface area contributed by atoms with Gasteiger partial charge in [-0.2, -0.15) is 0 Å². The Morgan fingerprint density at radius 3 is 2.76 bits per heavy atom. The summed E-state index contributed by atoms with van der Waals surface area (Å²) in [4.78, 5) is 26.9. The van der Waals surface area contributed by atoms with E-state index in [-0.39, 0.29) is 11.4 Å². The first-order chi connectivity index (χ1) is 11.9. The van der Waals surface area contributed by atoms with Gasteiger partial charge in [0.1, 0.15) is 0 Å². The van der Waals surface area contributed by atoms with Crippen LogP contribution in [0.25, 0.3) is 22.6 Å². The third-order valence-electron chi connectivity index (χ3n) is 3.69. The molecular weight excluding hydrogens is 340 g/mol. The molecular formula is C18H14N2O4S. The number of aromatic nitrogens is 1. The number of thiophene rings is 1. The van der Waals surface area contributed by atoms with Gasteiger partial charge in [0, 0.05) is 16.3 Å². The van der Waals surface area contributed by atoms with Crippen molar-refractivity contribution in [3.8, 4) is 0 Å². The van der Waals surface area contributed by atoms with E-state index in [2.05, 4.69) is 4.98 Å². The van der Waals surface area contributed by atoms with E-state index in [1.807, 2.05) is 37.3 Å². The minimum atomic E-state index is -0.906. The monoisotopic (exact) mass is 354 g/mol. The summed E-state index contributed by atoms with van der Waals surface area (Å²) in [7, 11) is 0. The molecule has 3 aromatic rings. The number of fused-ring (bicyclic) bond motifs is 1. The normalized spacial score (nSPS) is 11.6. The van der Waals surface area contributed by atoms with Crippen molar-refractivity contribution >= 4 is 44.9 Å². The molecule has 0 spiro atoms. The molecule has 0 fully saturated rings. The summed E-state index contributed by atoms with van der Waals surface area (Å²) >= 11 is 1.10. The maximum Gasteiger partial charge on any atom is 0.324 e. The quantitative estimate of drug-likeness (QED) is 0.542. The van der Waals surface area contributed by atoms with Crippen LogP contribution in [0.1, 0.15) is 23.1 Å². The van der Waals surface area contributed by atoms with Gasteiger partial charge in [-0.3, -0.25) is 14.9 Å². The second kappa shape index (κ2) is 6.82. The molecule has 0 aliphatic rings. The number of carboxylic acid groups (broad SMARTS) is 1. The minimum absolute atomic E-state index is 0.0841. The van der Waals surface area contributed by atoms with Gasteiger partial charge in [0.15, 0.2) is 0 Å². The van der Waals surface area contributed by atoms with Crippen molar-refractivity contribution < 1.29 is 14.8 Å². The van der Waals surface area contributed by atoms with Gasteiger partial charge in [-0.05, 0) is 42.3 Å². The van der Waals surface area contributed by atoms with Crippen molar-refractivity contribution in [1.29, 1.82) is 0 Å². The van der Waals surface area contributed by atoms with E-state index in [0.29, 0.717) is 11.3 Å². The molecule has 3 rings (SSSR count). The average Bonchev–Trinajstić information content (AvgIpc) is 3.05. The molecule has 0 amide bonds. The van der Waals surface area contributed by atoms with E-state index in [1.165, 1.54) is 6.07 Å². The summed E-state index contributed by atoms with van der Waals surface area (Å²) in [5.74, 6) is -0.906. The van der Waals surface area contributed by atoms with Crippen LogP contribution in [0.3, 0.4) is 0 Å². The highest BCUT2D eigenvalue weighted by molar-refractivity contribution is 7.16. The number of nitrogens with zero attached hydrogens (tertiary/aromatic N) is 2. The molecule has 0 aliphatic heterocycles. The highest BCUT2D eigenvalue weighted by atomic mass is 32.1. The van der Waals surface area contributed by atoms with E-state index < -0.39 is 10.9 Å². The number of aliphatic carboxylic acids is 1. The number of hydrogen-bond donors (Lipinski definition) is 1. The van der Waals surface area contributed by atoms with E-state index in [1.54, 1.807) is 12.1 Å². The SMILES string of the molecule is C/C(=C\c1cc(CC(=O)O)c2ccccc2n1)c1ccc([N+](=O)[O-])s1. The van der Waals surface area contributed by atoms with Gasteiger partial charge in [0.25, 0.3) is 0 Å². The predicted molar refractivity (Wildman–Crippen MR) is 97.6 cm³/mol. The molecule has 0 saturated heterocycles. The molecule has 0 saturated carbocycles. The molecule has 126 valence electrons. The van der Waals surface area contributed by atoms with Gasteiger partial charge in [-0.1, -0.05) is 29.5 Å². The number of carbonyl (C=O) groups is 1. The average molecular weight is 354 g/mol. The summed E-state index contributed by atoms with van der Waals surface area (Å²) in [6.45, 7) is 1.85. The number of benzene rings is 1. The Kier molecular flexibility index (Phi) is 4.58. The molecule has 25 heavy (non-hydrogen) atoms. The topological polar surface area (TPSA) is 93.3 Å². The van der Waals surface area contributed by atoms with Crippen molar-refractivity contribution in [2.24, 2.45) is 0 Å². The smallest absolute Gasteiger partial charge is 0.324 e. The van der Waals surface area contributed by atoms with Crippen molar-refractivity contribution in [2.45, 2.75) is 13.3 Å². The number of pyridine rings is 1. The van der Waals surface area contributed by atoms with Crippen LogP contribution in [0, 0.1) is 10.1 Å². The Labute approximate surface area is 147 Å². The van der Waals surface area contributed by atoms with E-state index in [4.69, 9.17) is 5.11 Å². The summed E-state index contributed by atoms with van der Waals surface area (Å²) in [5, 5.41) is 20.8. The van der Waals surface area contributed by atoms with E-state index in [9.17, 15) is 14.9 Å². The molecule has 2 aromatic heterocycles. The highest BCUT2D eigenvalue weighted by Crippen LogP contribution is 2.30. The maximum atomic E-state index is 11.1. The number of para-hydroxylation sites is 1. The maximum absolute atomic E-state index is 11.1. The molecule has 0 bridgehead atoms. The first-order valence-corrected chi connectivity index (χ1v) is 8.29. The van der Waals surface area contributed by atoms with Crippen molar-refractivity contribution in [1.82, 2.24) is 4.98 Å². The summed E-state index contributed by atoms with van der Waals surface area (Å²) in [5.41, 5.74) is 2.87. The zero-order chi connectivity index (χ0) is 18.0. The number of nitro groups is 1. The van der Waals surface area contributed by atoms with Crippen molar-refractivity contribution in [3.63, 3.8) is 0 Å². The van der Waals surface area contributed by atoms with Crippen LogP contribution in [-0.2, 0) is 11.2 Å². The van der Waals surface area contributed by atoms with Gasteiger partial charge >= 0.3 is 11.0 Å². The van der Waals surface area contributed by atoms with E-state index >= 15 is 0 Å². The fourth-order valence-corrected chi connectivity index (χ4v) is 3.38. The van der Waals surface area contributed by atoms with Gasteiger partial charge < -0.3 is 5.11 Å². The number of hydrogen-bond acceptors (Lipinski definition) is 5. The molecule has 1 N–H and O–H groups in total. The molecule has 0 atom stereocenters. The van der Waals surface area contributed by atoms with Crippen LogP contribution in [0.4, 0.5) is 5.00 Å². The second-order valence-electron chi connectivity index (χ2n) is 5.52. The fraction of sp³-hybridized carbons (Fsp3) is 0.111. The molecule has 1 aromatic carbocycles. The molecule has 0 radical (unpaired) electrons. The van der Waals surface area contributed by atoms with Gasteiger partial charge in [0.05, 0.1) is 22.6 Å². The summed E-state index contributed by atoms with van der Waals surface area (Å²) < 4.78 is 0. The highest BCUT2D eigenvalue weighted by Gasteiger charge is 2.12. The summed E-state index contributed by atoms with van der Waals surface area (Å²) in [6.07, 6.45) is 1.72. The lowest BCUT2D eigenvalue weighted by Crippen LogP contribution is -2.02. The summed E-state index contributed by atoms with van der Waals surface area (Å²) in [6, 6.07) is 12.3. The van der Waals surface area contributed by atoms with Crippen molar-refractivity contribution in [3.05, 3.63) is 68.7 Å². The lowest BCUT2D eigenvalue weighted by molar-refractivity contribution is -0.380. The Hall–Kier alpha value is -3.06. The van der Waals surface area contributed by atoms with Crippen LogP contribution < -0.4 is 0 Å². The standard InChI is InChI=1S/C18H14N2O4S/c1-11(16-6-7-17(25-16)20(23)24)8-13-9-12(10-18(21)22)14-4-2-3-5-15(14)19-13/h2-9H,10H2,1H3,(H,21,22)/b11-8+. The fourth-order valence-electron chi connectivity index (χ4n) is 2.58. The molecule has 0 unspecified atom stereocenters. The van der Waals surface area contributed by atoms with Gasteiger partial charge in [0.2, 0.25) is 0 Å². The predicted octanol–water partition coefficient (Wildman–Crippen LogP) is 4.39. The van der Waals surface area contributed by atoms with Crippen molar-refractivity contribution in [2.75, 3.05) is 0 Å². The Bertz CT molecular complexity index is 1010. The minimum Gasteiger partial charge on any atom is -0.481 e. The lowest BCUT2D eigenvalue weighted by atomic mass is 10.0. The zero-order valence-electron chi connectivity index (χ0n) is 13.3. The Morgan fingerprint density at radius 1 is 1.32 bits per heavy atom. The second-order valence-corrected chi connectivity index (χ2v) is 6.58. The third-order valence-corrected chi connectivity index (χ3v) is 4.86. The Balaban J connectivity index is 2.05. The molecule has 6 nitrogen and oxygen atoms in total. The largest absolute Gasteiger partial charge is 0.481 e. The lowest BCUT2D eigenvalue weighted by Gasteiger charge is -2.07. The van der Waals surface area contributed by atoms with Gasteiger partial charge in [-0.25, -0.2) is 4.98 Å². The first kappa shape index (κ1) is 16.8. The molecule has 0 aliphatic carbocycles. The number of carboxylic acids is 1. The number of rotatable bonds is 5. The molecule has 2 heterocycles. The van der Waals surface area contributed by atoms with Gasteiger partial charge in [-0.15, -0.1) is 0 Å². The molecule has 7 heteroatoms. The van der Waals surface area contributed by atoms with Crippen LogP contribution >= 0.6 is 11.3 Å². The zero-order valence-corrected chi connectivity index (χ0v) is 14.1. The van der Waals surface area contributed by atoms with Crippen LogP contribution in [0.2, 0.25) is 0 Å². The first-order valence-electron chi connectivity index (χ1n) is 7.47. The third kappa shape index (κ3) is 3.72. The van der Waals surface area contributed by atoms with E-state index in [0.717, 1.165) is 32.7 Å². The Morgan fingerprint density at radius 2 is 2.08 bits per heavy atom. The van der Waals surface area contributed by atoms with Crippen LogP contribution in [-0.4, -0.2) is 21.0 Å². The van der Waals surface area contributed by atoms with Crippen LogP contribution in [0.5, 0.6) is 0 Å².